The van der Waals surface area contributed by atoms with E-state index in [9.17, 15) is 9.59 Å². The van der Waals surface area contributed by atoms with Crippen molar-refractivity contribution in [3.05, 3.63) is 70.7 Å². The van der Waals surface area contributed by atoms with Crippen LogP contribution in [-0.2, 0) is 16.9 Å². The van der Waals surface area contributed by atoms with Crippen molar-refractivity contribution >= 4 is 23.5 Å². The summed E-state index contributed by atoms with van der Waals surface area (Å²) in [5, 5.41) is 3.41. The van der Waals surface area contributed by atoms with Crippen molar-refractivity contribution in [1.29, 1.82) is 0 Å². The van der Waals surface area contributed by atoms with Gasteiger partial charge in [0.05, 0.1) is 6.54 Å². The van der Waals surface area contributed by atoms with E-state index in [0.29, 0.717) is 5.02 Å². The zero-order chi connectivity index (χ0) is 15.7. The molecule has 4 nitrogen and oxygen atoms in total. The van der Waals surface area contributed by atoms with Crippen LogP contribution in [-0.4, -0.2) is 16.8 Å². The van der Waals surface area contributed by atoms with E-state index in [0.717, 1.165) is 11.1 Å². The average Bonchev–Trinajstić information content (AvgIpc) is 2.75. The Labute approximate surface area is 133 Å². The lowest BCUT2D eigenvalue weighted by molar-refractivity contribution is -0.131. The number of halogens is 1. The zero-order valence-electron chi connectivity index (χ0n) is 12.0. The highest BCUT2D eigenvalue weighted by Gasteiger charge is 2.48. The lowest BCUT2D eigenvalue weighted by Crippen LogP contribution is -2.40. The van der Waals surface area contributed by atoms with Gasteiger partial charge in [-0.3, -0.25) is 9.69 Å². The van der Waals surface area contributed by atoms with Gasteiger partial charge in [0.2, 0.25) is 0 Å². The summed E-state index contributed by atoms with van der Waals surface area (Å²) in [5.41, 5.74) is 0.599. The molecule has 0 aliphatic carbocycles. The number of carbonyl (C=O) groups is 2. The first-order valence-electron chi connectivity index (χ1n) is 6.95. The maximum absolute atomic E-state index is 12.7. The molecule has 0 unspecified atom stereocenters. The fraction of sp³-hybridized carbons (Fsp3) is 0.176. The molecule has 1 atom stereocenters. The molecule has 1 N–H and O–H groups in total. The number of nitrogens with zero attached hydrogens (tertiary/aromatic N) is 1. The van der Waals surface area contributed by atoms with E-state index in [4.69, 9.17) is 11.6 Å². The highest BCUT2D eigenvalue weighted by Crippen LogP contribution is 2.29. The van der Waals surface area contributed by atoms with Crippen LogP contribution < -0.4 is 5.32 Å². The fourth-order valence-electron chi connectivity index (χ4n) is 2.58. The maximum Gasteiger partial charge on any atom is 0.325 e. The molecule has 0 saturated carbocycles. The number of hydrogen-bond acceptors (Lipinski definition) is 2. The number of urea groups is 1. The van der Waals surface area contributed by atoms with E-state index in [1.165, 1.54) is 4.90 Å². The molecule has 1 aliphatic rings. The predicted molar refractivity (Wildman–Crippen MR) is 84.3 cm³/mol. The molecule has 1 aliphatic heterocycles. The molecule has 2 aromatic rings. The minimum Gasteiger partial charge on any atom is -0.319 e. The van der Waals surface area contributed by atoms with E-state index in [1.807, 2.05) is 30.3 Å². The van der Waals surface area contributed by atoms with E-state index < -0.39 is 5.54 Å². The van der Waals surface area contributed by atoms with Crippen LogP contribution in [0.1, 0.15) is 18.1 Å². The topological polar surface area (TPSA) is 49.4 Å². The molecule has 1 fully saturated rings. The summed E-state index contributed by atoms with van der Waals surface area (Å²) in [5.74, 6) is -0.251. The minimum absolute atomic E-state index is 0.226. The predicted octanol–water partition coefficient (Wildman–Crippen LogP) is 3.31. The van der Waals surface area contributed by atoms with Crippen LogP contribution >= 0.6 is 11.6 Å². The Morgan fingerprint density at radius 1 is 1.05 bits per heavy atom. The Bertz CT molecular complexity index is 715. The monoisotopic (exact) mass is 314 g/mol. The third-order valence-electron chi connectivity index (χ3n) is 3.88. The molecule has 0 aromatic heterocycles. The van der Waals surface area contributed by atoms with E-state index >= 15 is 0 Å². The Morgan fingerprint density at radius 3 is 2.32 bits per heavy atom. The van der Waals surface area contributed by atoms with Gasteiger partial charge in [-0.05, 0) is 30.2 Å². The highest BCUT2D eigenvalue weighted by molar-refractivity contribution is 6.30. The van der Waals surface area contributed by atoms with E-state index in [-0.39, 0.29) is 18.5 Å². The van der Waals surface area contributed by atoms with Gasteiger partial charge < -0.3 is 5.32 Å². The van der Waals surface area contributed by atoms with Crippen LogP contribution in [0, 0.1) is 0 Å². The first-order valence-corrected chi connectivity index (χ1v) is 7.32. The Kier molecular flexibility index (Phi) is 3.62. The molecule has 0 bridgehead atoms. The summed E-state index contributed by atoms with van der Waals surface area (Å²) in [4.78, 5) is 26.2. The normalized spacial score (nSPS) is 21.1. The van der Waals surface area contributed by atoms with Crippen molar-refractivity contribution in [2.45, 2.75) is 19.0 Å². The first kappa shape index (κ1) is 14.6. The Hall–Kier alpha value is -2.33. The Balaban J connectivity index is 1.87. The molecule has 3 amide bonds. The number of benzene rings is 2. The van der Waals surface area contributed by atoms with Crippen LogP contribution in [0.25, 0.3) is 0 Å². The largest absolute Gasteiger partial charge is 0.325 e. The maximum atomic E-state index is 12.7. The molecule has 0 spiro atoms. The second-order valence-electron chi connectivity index (χ2n) is 5.44. The van der Waals surface area contributed by atoms with E-state index in [1.54, 1.807) is 31.2 Å². The smallest absolute Gasteiger partial charge is 0.319 e. The van der Waals surface area contributed by atoms with Gasteiger partial charge in [-0.1, -0.05) is 54.1 Å². The summed E-state index contributed by atoms with van der Waals surface area (Å²) in [6, 6.07) is 16.0. The molecule has 0 radical (unpaired) electrons. The van der Waals surface area contributed by atoms with Crippen LogP contribution in [0.15, 0.2) is 54.6 Å². The lowest BCUT2D eigenvalue weighted by atomic mass is 9.92. The number of rotatable bonds is 3. The van der Waals surface area contributed by atoms with Gasteiger partial charge in [-0.2, -0.15) is 0 Å². The van der Waals surface area contributed by atoms with Gasteiger partial charge in [0, 0.05) is 5.02 Å². The van der Waals surface area contributed by atoms with Crippen molar-refractivity contribution < 1.29 is 9.59 Å². The average molecular weight is 315 g/mol. The second kappa shape index (κ2) is 5.46. The van der Waals surface area contributed by atoms with Crippen molar-refractivity contribution in [2.75, 3.05) is 0 Å². The molecule has 1 heterocycles. The van der Waals surface area contributed by atoms with Gasteiger partial charge in [-0.25, -0.2) is 4.79 Å². The van der Waals surface area contributed by atoms with Gasteiger partial charge >= 0.3 is 6.03 Å². The number of hydrogen-bond donors (Lipinski definition) is 1. The third kappa shape index (κ3) is 2.46. The van der Waals surface area contributed by atoms with Crippen molar-refractivity contribution in [1.82, 2.24) is 10.2 Å². The Morgan fingerprint density at radius 2 is 1.68 bits per heavy atom. The number of amides is 3. The molecule has 5 heteroatoms. The highest BCUT2D eigenvalue weighted by atomic mass is 35.5. The summed E-state index contributed by atoms with van der Waals surface area (Å²) < 4.78 is 0. The molecule has 22 heavy (non-hydrogen) atoms. The number of nitrogens with one attached hydrogen (secondary N) is 1. The minimum atomic E-state index is -1.02. The summed E-state index contributed by atoms with van der Waals surface area (Å²) in [7, 11) is 0. The SMILES string of the molecule is C[C@]1(c2ccccc2)NC(=O)N(Cc2ccc(Cl)cc2)C1=O. The summed E-state index contributed by atoms with van der Waals surface area (Å²) in [6.45, 7) is 1.95. The van der Waals surface area contributed by atoms with Crippen LogP contribution in [0.2, 0.25) is 5.02 Å². The standard InChI is InChI=1S/C17H15ClN2O2/c1-17(13-5-3-2-4-6-13)15(21)20(16(22)19-17)11-12-7-9-14(18)10-8-12/h2-10H,11H2,1H3,(H,19,22)/t17-/m1/s1. The summed E-state index contributed by atoms with van der Waals surface area (Å²) in [6.07, 6.45) is 0. The second-order valence-corrected chi connectivity index (χ2v) is 5.88. The van der Waals surface area contributed by atoms with Gasteiger partial charge in [0.25, 0.3) is 5.91 Å². The third-order valence-corrected chi connectivity index (χ3v) is 4.13. The van der Waals surface area contributed by atoms with Crippen molar-refractivity contribution in [3.8, 4) is 0 Å². The fourth-order valence-corrected chi connectivity index (χ4v) is 2.71. The number of carbonyl (C=O) groups excluding carboxylic acids is 2. The summed E-state index contributed by atoms with van der Waals surface area (Å²) >= 11 is 5.85. The van der Waals surface area contributed by atoms with Gasteiger partial charge in [0.1, 0.15) is 5.54 Å². The van der Waals surface area contributed by atoms with E-state index in [2.05, 4.69) is 5.32 Å². The molecule has 1 saturated heterocycles. The van der Waals surface area contributed by atoms with Gasteiger partial charge in [0.15, 0.2) is 0 Å². The first-order chi connectivity index (χ1) is 10.5. The number of imide groups is 1. The quantitative estimate of drug-likeness (QED) is 0.884. The van der Waals surface area contributed by atoms with Crippen molar-refractivity contribution in [2.24, 2.45) is 0 Å². The molecule has 2 aromatic carbocycles. The van der Waals surface area contributed by atoms with Gasteiger partial charge in [-0.15, -0.1) is 0 Å². The zero-order valence-corrected chi connectivity index (χ0v) is 12.8. The molecule has 3 rings (SSSR count). The molecule has 112 valence electrons. The van der Waals surface area contributed by atoms with Crippen LogP contribution in [0.4, 0.5) is 4.79 Å². The van der Waals surface area contributed by atoms with Crippen LogP contribution in [0.5, 0.6) is 0 Å². The molecular weight excluding hydrogens is 300 g/mol. The lowest BCUT2D eigenvalue weighted by Gasteiger charge is -2.22. The van der Waals surface area contributed by atoms with Crippen LogP contribution in [0.3, 0.4) is 0 Å². The van der Waals surface area contributed by atoms with Crippen molar-refractivity contribution in [3.63, 3.8) is 0 Å². The molecular formula is C17H15ClN2O2.